The van der Waals surface area contributed by atoms with E-state index in [2.05, 4.69) is 4.74 Å². The van der Waals surface area contributed by atoms with Crippen LogP contribution in [0, 0.1) is 17.5 Å². The van der Waals surface area contributed by atoms with Crippen LogP contribution in [-0.4, -0.2) is 51.2 Å². The van der Waals surface area contributed by atoms with Crippen LogP contribution in [0.15, 0.2) is 71.6 Å². The molecule has 1 aliphatic heterocycles. The van der Waals surface area contributed by atoms with E-state index in [4.69, 9.17) is 5.73 Å². The molecule has 1 atom stereocenters. The summed E-state index contributed by atoms with van der Waals surface area (Å²) in [5.41, 5.74) is -2.81. The second kappa shape index (κ2) is 11.7. The van der Waals surface area contributed by atoms with Crippen molar-refractivity contribution in [3.63, 3.8) is 0 Å². The molecular formula is C28H23F9N2O4S. The number of carbonyl (C=O) groups excluding carboxylic acids is 1. The van der Waals surface area contributed by atoms with Crippen LogP contribution in [0.25, 0.3) is 0 Å². The highest BCUT2D eigenvalue weighted by Gasteiger charge is 2.73. The number of halogens is 9. The lowest BCUT2D eigenvalue weighted by atomic mass is 9.88. The van der Waals surface area contributed by atoms with E-state index in [-0.39, 0.29) is 23.4 Å². The number of primary amides is 1. The van der Waals surface area contributed by atoms with E-state index in [9.17, 15) is 52.7 Å². The Balaban J connectivity index is 1.85. The zero-order chi connectivity index (χ0) is 32.7. The number of benzene rings is 3. The van der Waals surface area contributed by atoms with Crippen LogP contribution in [0.5, 0.6) is 0 Å². The van der Waals surface area contributed by atoms with Crippen molar-refractivity contribution in [3.8, 4) is 0 Å². The van der Waals surface area contributed by atoms with Crippen molar-refractivity contribution >= 4 is 15.7 Å². The van der Waals surface area contributed by atoms with Gasteiger partial charge in [-0.1, -0.05) is 30.3 Å². The maximum Gasteiger partial charge on any atom is 0.430 e. The third kappa shape index (κ3) is 5.77. The summed E-state index contributed by atoms with van der Waals surface area (Å²) in [6, 6.07) is 7.95. The average Bonchev–Trinajstić information content (AvgIpc) is 3.34. The van der Waals surface area contributed by atoms with Gasteiger partial charge in [-0.25, -0.2) is 21.6 Å². The summed E-state index contributed by atoms with van der Waals surface area (Å²) in [7, 11) is -4.52. The molecule has 6 nitrogen and oxygen atoms in total. The number of carbonyl (C=O) groups is 1. The lowest BCUT2D eigenvalue weighted by Crippen LogP contribution is -2.56. The first kappa shape index (κ1) is 33.3. The van der Waals surface area contributed by atoms with Crippen LogP contribution in [0.1, 0.15) is 23.1 Å². The Bertz CT molecular complexity index is 1590. The van der Waals surface area contributed by atoms with E-state index in [1.807, 2.05) is 0 Å². The fourth-order valence-electron chi connectivity index (χ4n) is 5.26. The second-order valence-corrected chi connectivity index (χ2v) is 12.4. The Morgan fingerprint density at radius 3 is 1.91 bits per heavy atom. The number of hydrogen-bond acceptors (Lipinski definition) is 5. The number of likely N-dealkylation sites (tertiary alicyclic amines) is 1. The van der Waals surface area contributed by atoms with Crippen LogP contribution >= 0.6 is 0 Å². The predicted octanol–water partition coefficient (Wildman–Crippen LogP) is 5.50. The molecule has 4 rings (SSSR count). The van der Waals surface area contributed by atoms with E-state index < -0.39 is 86.7 Å². The minimum atomic E-state index is -6.21. The number of ether oxygens (including phenoxy) is 1. The van der Waals surface area contributed by atoms with Crippen molar-refractivity contribution in [3.05, 3.63) is 101 Å². The second-order valence-electron chi connectivity index (χ2n) is 10.1. The topological polar surface area (TPSA) is 89.7 Å². The van der Waals surface area contributed by atoms with Crippen molar-refractivity contribution in [2.24, 2.45) is 5.73 Å². The van der Waals surface area contributed by atoms with Gasteiger partial charge in [-0.3, -0.25) is 9.69 Å². The molecule has 0 aromatic heterocycles. The van der Waals surface area contributed by atoms with Crippen LogP contribution in [-0.2, 0) is 36.3 Å². The van der Waals surface area contributed by atoms with Crippen molar-refractivity contribution in [2.75, 3.05) is 19.6 Å². The molecule has 0 bridgehead atoms. The van der Waals surface area contributed by atoms with Gasteiger partial charge in [0.25, 0.3) is 5.60 Å². The highest BCUT2D eigenvalue weighted by Crippen LogP contribution is 2.54. The molecular weight excluding hydrogens is 631 g/mol. The maximum atomic E-state index is 14.3. The number of nitrogens with two attached hydrogens (primary N) is 1. The number of rotatable bonds is 9. The first-order chi connectivity index (χ1) is 20.4. The summed E-state index contributed by atoms with van der Waals surface area (Å²) in [6.45, 7) is -2.63. The number of sulfone groups is 1. The molecule has 2 N–H and O–H groups in total. The number of amides is 1. The smallest absolute Gasteiger partial charge is 0.369 e. The Labute approximate surface area is 245 Å². The van der Waals surface area contributed by atoms with Gasteiger partial charge in [-0.15, -0.1) is 0 Å². The molecule has 0 aliphatic carbocycles. The zero-order valence-corrected chi connectivity index (χ0v) is 23.2. The summed E-state index contributed by atoms with van der Waals surface area (Å²) < 4.78 is 158. The van der Waals surface area contributed by atoms with E-state index in [1.54, 1.807) is 0 Å². The molecule has 0 radical (unpaired) electrons. The van der Waals surface area contributed by atoms with Crippen molar-refractivity contribution in [1.82, 2.24) is 4.90 Å². The third-order valence-corrected chi connectivity index (χ3v) is 9.93. The average molecular weight is 655 g/mol. The van der Waals surface area contributed by atoms with E-state index in [0.29, 0.717) is 24.3 Å². The first-order valence-electron chi connectivity index (χ1n) is 12.7. The van der Waals surface area contributed by atoms with E-state index in [0.717, 1.165) is 42.5 Å². The van der Waals surface area contributed by atoms with Crippen molar-refractivity contribution in [2.45, 2.75) is 40.6 Å². The van der Waals surface area contributed by atoms with Crippen LogP contribution < -0.4 is 5.73 Å². The third-order valence-electron chi connectivity index (χ3n) is 7.44. The molecule has 16 heteroatoms. The lowest BCUT2D eigenvalue weighted by molar-refractivity contribution is -0.392. The molecule has 3 aromatic carbocycles. The fraction of sp³-hybridized carbons (Fsp3) is 0.321. The van der Waals surface area contributed by atoms with Gasteiger partial charge in [0.15, 0.2) is 9.84 Å². The van der Waals surface area contributed by atoms with Gasteiger partial charge in [-0.2, -0.15) is 26.3 Å². The molecule has 3 aromatic rings. The Morgan fingerprint density at radius 1 is 0.864 bits per heavy atom. The summed E-state index contributed by atoms with van der Waals surface area (Å²) in [5, 5.41) is 0. The Morgan fingerprint density at radius 2 is 1.41 bits per heavy atom. The van der Waals surface area contributed by atoms with Gasteiger partial charge >= 0.3 is 12.4 Å². The quantitative estimate of drug-likeness (QED) is 0.243. The van der Waals surface area contributed by atoms with E-state index in [1.165, 1.54) is 4.90 Å². The standard InChI is InChI=1S/C28H23F9N2O4S/c29-19-8-10-20(11-9-19)44(41,42)25(12-13-39(16-25)14-24(38)40)17-4-6-18(7-5-17)26(27(32,33)34,28(35,36)37)43-15-21-22(30)2-1-3-23(21)31/h1-11H,12-16H2,(H2,38,40)/t25-/m0/s1. The summed E-state index contributed by atoms with van der Waals surface area (Å²) >= 11 is 0. The molecule has 238 valence electrons. The van der Waals surface area contributed by atoms with Gasteiger partial charge in [0.2, 0.25) is 5.91 Å². The molecule has 1 heterocycles. The number of alkyl halides is 6. The first-order valence-corrected chi connectivity index (χ1v) is 14.2. The molecule has 1 fully saturated rings. The minimum absolute atomic E-state index is 0.0442. The number of hydrogen-bond donors (Lipinski definition) is 1. The number of nitrogens with zero attached hydrogens (tertiary/aromatic N) is 1. The maximum absolute atomic E-state index is 14.3. The monoisotopic (exact) mass is 654 g/mol. The van der Waals surface area contributed by atoms with Crippen molar-refractivity contribution < 1.29 is 57.5 Å². The van der Waals surface area contributed by atoms with Gasteiger partial charge in [0.1, 0.15) is 22.2 Å². The highest BCUT2D eigenvalue weighted by atomic mass is 32.2. The predicted molar refractivity (Wildman–Crippen MR) is 137 cm³/mol. The van der Waals surface area contributed by atoms with E-state index >= 15 is 0 Å². The van der Waals surface area contributed by atoms with Crippen LogP contribution in [0.3, 0.4) is 0 Å². The largest absolute Gasteiger partial charge is 0.430 e. The molecule has 0 unspecified atom stereocenters. The van der Waals surface area contributed by atoms with Crippen molar-refractivity contribution in [1.29, 1.82) is 0 Å². The van der Waals surface area contributed by atoms with Gasteiger partial charge < -0.3 is 10.5 Å². The molecule has 1 aliphatic rings. The molecule has 0 spiro atoms. The Kier molecular flexibility index (Phi) is 8.85. The van der Waals surface area contributed by atoms with Gasteiger partial charge in [0, 0.05) is 24.2 Å². The van der Waals surface area contributed by atoms with Gasteiger partial charge in [0.05, 0.1) is 18.0 Å². The molecule has 1 saturated heterocycles. The SMILES string of the molecule is NC(=O)CN1CC[C@](c2ccc(C(OCc3c(F)cccc3F)(C(F)(F)F)C(F)(F)F)cc2)(S(=O)(=O)c2ccc(F)cc2)C1. The molecule has 1 amide bonds. The fourth-order valence-corrected chi connectivity index (χ4v) is 7.36. The summed E-state index contributed by atoms with van der Waals surface area (Å²) in [6.07, 6.45) is -12.7. The zero-order valence-electron chi connectivity index (χ0n) is 22.4. The van der Waals surface area contributed by atoms with Crippen LogP contribution in [0.4, 0.5) is 39.5 Å². The van der Waals surface area contributed by atoms with Crippen LogP contribution in [0.2, 0.25) is 0 Å². The summed E-state index contributed by atoms with van der Waals surface area (Å²) in [4.78, 5) is 12.5. The normalized spacial score (nSPS) is 18.5. The molecule has 44 heavy (non-hydrogen) atoms. The lowest BCUT2D eigenvalue weighted by Gasteiger charge is -2.38. The molecule has 0 saturated carbocycles. The highest BCUT2D eigenvalue weighted by molar-refractivity contribution is 7.92. The summed E-state index contributed by atoms with van der Waals surface area (Å²) in [5.74, 6) is -4.46. The van der Waals surface area contributed by atoms with Gasteiger partial charge in [-0.05, 0) is 48.4 Å². The Hall–Kier alpha value is -3.63. The minimum Gasteiger partial charge on any atom is -0.369 e.